The number of fused-ring (bicyclic) bond motifs is 1. The number of ether oxygens (including phenoxy) is 1. The maximum Gasteiger partial charge on any atom is 0.0700 e. The molecule has 0 spiro atoms. The minimum absolute atomic E-state index is 0.146. The van der Waals surface area contributed by atoms with Crippen LogP contribution in [-0.4, -0.2) is 31.0 Å². The summed E-state index contributed by atoms with van der Waals surface area (Å²) in [5.41, 5.74) is 2.51. The Labute approximate surface area is 127 Å². The number of hydrogen-bond donors (Lipinski definition) is 2. The Hall–Kier alpha value is -0.900. The fraction of sp³-hybridized carbons (Fsp3) is 0.667. The molecular formula is C18H27NO2. The molecule has 2 aliphatic rings. The van der Waals surface area contributed by atoms with Crippen LogP contribution >= 0.6 is 0 Å². The van der Waals surface area contributed by atoms with Gasteiger partial charge >= 0.3 is 0 Å². The van der Waals surface area contributed by atoms with Crippen LogP contribution in [0.25, 0.3) is 0 Å². The summed E-state index contributed by atoms with van der Waals surface area (Å²) in [6, 6.07) is 8.58. The summed E-state index contributed by atoms with van der Waals surface area (Å²) < 4.78 is 5.72. The lowest BCUT2D eigenvalue weighted by molar-refractivity contribution is 0.0772. The van der Waals surface area contributed by atoms with Gasteiger partial charge in [-0.3, -0.25) is 0 Å². The Kier molecular flexibility index (Phi) is 4.08. The van der Waals surface area contributed by atoms with Crippen molar-refractivity contribution in [2.45, 2.75) is 56.6 Å². The molecule has 1 aliphatic carbocycles. The Morgan fingerprint density at radius 1 is 1.24 bits per heavy atom. The Morgan fingerprint density at radius 2 is 2.00 bits per heavy atom. The summed E-state index contributed by atoms with van der Waals surface area (Å²) >= 11 is 0. The van der Waals surface area contributed by atoms with Crippen LogP contribution in [0, 0.1) is 0 Å². The fourth-order valence-electron chi connectivity index (χ4n) is 3.80. The number of rotatable bonds is 4. The topological polar surface area (TPSA) is 41.5 Å². The molecule has 1 aromatic carbocycles. The molecular weight excluding hydrogens is 262 g/mol. The summed E-state index contributed by atoms with van der Waals surface area (Å²) in [6.07, 6.45) is 4.64. The zero-order chi connectivity index (χ0) is 14.9. The van der Waals surface area contributed by atoms with Crippen molar-refractivity contribution >= 4 is 0 Å². The molecule has 1 fully saturated rings. The average molecular weight is 289 g/mol. The molecule has 116 valence electrons. The van der Waals surface area contributed by atoms with Gasteiger partial charge in [-0.2, -0.15) is 0 Å². The van der Waals surface area contributed by atoms with Gasteiger partial charge in [0.25, 0.3) is 0 Å². The largest absolute Gasteiger partial charge is 0.394 e. The molecule has 21 heavy (non-hydrogen) atoms. The van der Waals surface area contributed by atoms with Gasteiger partial charge in [-0.15, -0.1) is 0 Å². The molecule has 3 heteroatoms. The maximum absolute atomic E-state index is 10.1. The van der Waals surface area contributed by atoms with E-state index in [1.54, 1.807) is 0 Å². The van der Waals surface area contributed by atoms with Gasteiger partial charge in [-0.05, 0) is 42.2 Å². The smallest absolute Gasteiger partial charge is 0.0700 e. The van der Waals surface area contributed by atoms with Crippen molar-refractivity contribution in [1.82, 2.24) is 5.32 Å². The van der Waals surface area contributed by atoms with E-state index < -0.39 is 0 Å². The summed E-state index contributed by atoms with van der Waals surface area (Å²) in [5, 5.41) is 13.8. The molecule has 2 atom stereocenters. The van der Waals surface area contributed by atoms with E-state index in [0.29, 0.717) is 6.10 Å². The van der Waals surface area contributed by atoms with Crippen LogP contribution in [0.1, 0.15) is 50.7 Å². The third-order valence-corrected chi connectivity index (χ3v) is 5.31. The third kappa shape index (κ3) is 2.75. The van der Waals surface area contributed by atoms with Crippen molar-refractivity contribution in [3.8, 4) is 0 Å². The highest BCUT2D eigenvalue weighted by Crippen LogP contribution is 2.44. The summed E-state index contributed by atoms with van der Waals surface area (Å²) in [5.74, 6) is 0. The van der Waals surface area contributed by atoms with Gasteiger partial charge in [0.05, 0.1) is 18.2 Å². The van der Waals surface area contributed by atoms with E-state index >= 15 is 0 Å². The second kappa shape index (κ2) is 5.71. The van der Waals surface area contributed by atoms with Gasteiger partial charge in [0.1, 0.15) is 0 Å². The van der Waals surface area contributed by atoms with Crippen LogP contribution in [-0.2, 0) is 15.7 Å². The summed E-state index contributed by atoms with van der Waals surface area (Å²) in [6.45, 7) is 6.45. The number of nitrogens with one attached hydrogen (secondary N) is 1. The lowest BCUT2D eigenvalue weighted by Crippen LogP contribution is -2.52. The summed E-state index contributed by atoms with van der Waals surface area (Å²) in [7, 11) is 0. The molecule has 3 nitrogen and oxygen atoms in total. The molecule has 0 bridgehead atoms. The first-order valence-corrected chi connectivity index (χ1v) is 8.15. The molecule has 2 unspecified atom stereocenters. The van der Waals surface area contributed by atoms with Gasteiger partial charge in [-0.25, -0.2) is 0 Å². The van der Waals surface area contributed by atoms with Crippen LogP contribution in [0.4, 0.5) is 0 Å². The van der Waals surface area contributed by atoms with E-state index in [9.17, 15) is 5.11 Å². The van der Waals surface area contributed by atoms with Gasteiger partial charge in [0.15, 0.2) is 0 Å². The van der Waals surface area contributed by atoms with Crippen molar-refractivity contribution in [2.24, 2.45) is 0 Å². The number of hydrogen-bond acceptors (Lipinski definition) is 3. The first kappa shape index (κ1) is 15.0. The molecule has 1 saturated heterocycles. The minimum Gasteiger partial charge on any atom is -0.394 e. The van der Waals surface area contributed by atoms with Crippen molar-refractivity contribution < 1.29 is 9.84 Å². The van der Waals surface area contributed by atoms with Crippen molar-refractivity contribution in [3.05, 3.63) is 35.4 Å². The zero-order valence-corrected chi connectivity index (χ0v) is 13.2. The second-order valence-electron chi connectivity index (χ2n) is 7.19. The lowest BCUT2D eigenvalue weighted by atomic mass is 9.65. The molecule has 1 aliphatic heterocycles. The first-order chi connectivity index (χ1) is 10.1. The molecule has 0 saturated carbocycles. The number of aliphatic hydroxyl groups is 1. The van der Waals surface area contributed by atoms with E-state index in [1.807, 2.05) is 0 Å². The second-order valence-corrected chi connectivity index (χ2v) is 7.19. The maximum atomic E-state index is 10.1. The molecule has 2 N–H and O–H groups in total. The zero-order valence-electron chi connectivity index (χ0n) is 13.2. The monoisotopic (exact) mass is 289 g/mol. The Morgan fingerprint density at radius 3 is 2.67 bits per heavy atom. The lowest BCUT2D eigenvalue weighted by Gasteiger charge is -2.45. The average Bonchev–Trinajstić information content (AvgIpc) is 3.01. The molecule has 0 radical (unpaired) electrons. The van der Waals surface area contributed by atoms with Crippen LogP contribution < -0.4 is 5.32 Å². The Bertz CT molecular complexity index is 494. The third-order valence-electron chi connectivity index (χ3n) is 5.31. The van der Waals surface area contributed by atoms with Crippen molar-refractivity contribution in [3.63, 3.8) is 0 Å². The normalized spacial score (nSPS) is 31.1. The first-order valence-electron chi connectivity index (χ1n) is 8.15. The Balaban J connectivity index is 1.87. The standard InChI is InChI=1S/C18H27NO2/c1-17(2)9-10-18(13-20,16-8-4-3-7-15(16)17)19-12-14-6-5-11-21-14/h3-4,7-8,14,19-20H,5-6,9-13H2,1-2H3. The van der Waals surface area contributed by atoms with Crippen LogP contribution in [0.2, 0.25) is 0 Å². The van der Waals surface area contributed by atoms with E-state index in [0.717, 1.165) is 38.8 Å². The van der Waals surface area contributed by atoms with Crippen LogP contribution in [0.15, 0.2) is 24.3 Å². The van der Waals surface area contributed by atoms with E-state index in [2.05, 4.69) is 43.4 Å². The summed E-state index contributed by atoms with van der Waals surface area (Å²) in [4.78, 5) is 0. The highest BCUT2D eigenvalue weighted by atomic mass is 16.5. The van der Waals surface area contributed by atoms with E-state index in [4.69, 9.17) is 4.74 Å². The highest BCUT2D eigenvalue weighted by Gasteiger charge is 2.42. The highest BCUT2D eigenvalue weighted by molar-refractivity contribution is 5.41. The predicted molar refractivity (Wildman–Crippen MR) is 84.4 cm³/mol. The van der Waals surface area contributed by atoms with Crippen LogP contribution in [0.5, 0.6) is 0 Å². The number of aliphatic hydroxyl groups excluding tert-OH is 1. The quantitative estimate of drug-likeness (QED) is 0.895. The minimum atomic E-state index is -0.307. The molecule has 1 heterocycles. The molecule has 1 aromatic rings. The van der Waals surface area contributed by atoms with Crippen LogP contribution in [0.3, 0.4) is 0 Å². The van der Waals surface area contributed by atoms with Gasteiger partial charge in [0.2, 0.25) is 0 Å². The molecule has 3 rings (SSSR count). The number of benzene rings is 1. The van der Waals surface area contributed by atoms with Gasteiger partial charge in [0, 0.05) is 13.2 Å². The van der Waals surface area contributed by atoms with E-state index in [-0.39, 0.29) is 17.6 Å². The van der Waals surface area contributed by atoms with E-state index in [1.165, 1.54) is 11.1 Å². The fourth-order valence-corrected chi connectivity index (χ4v) is 3.80. The van der Waals surface area contributed by atoms with Gasteiger partial charge in [-0.1, -0.05) is 38.1 Å². The molecule has 0 amide bonds. The molecule has 0 aromatic heterocycles. The predicted octanol–water partition coefficient (Wildman–Crippen LogP) is 2.71. The van der Waals surface area contributed by atoms with Crippen molar-refractivity contribution in [1.29, 1.82) is 0 Å². The van der Waals surface area contributed by atoms with Gasteiger partial charge < -0.3 is 15.2 Å². The van der Waals surface area contributed by atoms with Crippen molar-refractivity contribution in [2.75, 3.05) is 19.8 Å². The SMILES string of the molecule is CC1(C)CCC(CO)(NCC2CCCO2)c2ccccc21.